The lowest BCUT2D eigenvalue weighted by Gasteiger charge is -2.07. The minimum absolute atomic E-state index is 0.280. The van der Waals surface area contributed by atoms with Crippen LogP contribution in [0.15, 0.2) is 72.8 Å². The maximum Gasteiger partial charge on any atom is 0.118 e. The molecule has 0 aliphatic heterocycles. The monoisotopic (exact) mass is 310 g/mol. The molecule has 23 heavy (non-hydrogen) atoms. The number of aliphatic hydroxyl groups is 1. The van der Waals surface area contributed by atoms with Gasteiger partial charge < -0.3 is 14.6 Å². The minimum atomic E-state index is -0.612. The Morgan fingerprint density at radius 3 is 2.43 bits per heavy atom. The number of ether oxygens (including phenoxy) is 2. The fraction of sp³-hybridized carbons (Fsp3) is 0.200. The molecule has 1 atom stereocenters. The van der Waals surface area contributed by atoms with Crippen molar-refractivity contribution in [2.24, 2.45) is 0 Å². The van der Waals surface area contributed by atoms with E-state index in [2.05, 4.69) is 0 Å². The highest BCUT2D eigenvalue weighted by atomic mass is 16.5. The Kier molecular flexibility index (Phi) is 7.11. The molecule has 0 fully saturated rings. The van der Waals surface area contributed by atoms with Crippen molar-refractivity contribution in [3.8, 4) is 5.75 Å². The molecule has 0 saturated heterocycles. The van der Waals surface area contributed by atoms with Gasteiger partial charge in [0.25, 0.3) is 0 Å². The summed E-state index contributed by atoms with van der Waals surface area (Å²) >= 11 is 0. The molecule has 0 aliphatic rings. The largest absolute Gasteiger partial charge is 0.497 e. The average molecular weight is 310 g/mol. The molecule has 0 heterocycles. The molecule has 120 valence electrons. The van der Waals surface area contributed by atoms with E-state index in [4.69, 9.17) is 9.47 Å². The number of methoxy groups -OCH3 is 1. The Labute approximate surface area is 137 Å². The highest BCUT2D eigenvalue weighted by Crippen LogP contribution is 2.12. The zero-order chi connectivity index (χ0) is 16.3. The first kappa shape index (κ1) is 17.0. The lowest BCUT2D eigenvalue weighted by Crippen LogP contribution is -2.11. The summed E-state index contributed by atoms with van der Waals surface area (Å²) in [4.78, 5) is 0. The lowest BCUT2D eigenvalue weighted by molar-refractivity contribution is 0.0504. The third-order valence-electron chi connectivity index (χ3n) is 3.25. The Hall–Kier alpha value is -2.36. The van der Waals surface area contributed by atoms with Gasteiger partial charge in [-0.3, -0.25) is 0 Å². The van der Waals surface area contributed by atoms with E-state index in [1.165, 1.54) is 0 Å². The summed E-state index contributed by atoms with van der Waals surface area (Å²) in [7, 11) is 1.65. The van der Waals surface area contributed by atoms with Crippen LogP contribution in [0.2, 0.25) is 0 Å². The average Bonchev–Trinajstić information content (AvgIpc) is 2.60. The van der Waals surface area contributed by atoms with E-state index < -0.39 is 6.10 Å². The van der Waals surface area contributed by atoms with E-state index in [9.17, 15) is 5.11 Å². The molecule has 0 unspecified atom stereocenters. The Bertz CT molecular complexity index is 615. The standard InChI is InChI=1S/C20H22O3/c1-22-20-13-11-17(12-14-20)7-5-6-10-19(21)16-23-15-18-8-3-2-4-9-18/h2-14,19,21H,15-16H2,1H3/b7-5+,10-6-/t19-/m0/s1. The van der Waals surface area contributed by atoms with E-state index in [0.29, 0.717) is 6.61 Å². The van der Waals surface area contributed by atoms with Gasteiger partial charge in [-0.25, -0.2) is 0 Å². The molecule has 0 spiro atoms. The van der Waals surface area contributed by atoms with Crippen LogP contribution in [0.1, 0.15) is 11.1 Å². The highest BCUT2D eigenvalue weighted by Gasteiger charge is 1.98. The van der Waals surface area contributed by atoms with Crippen LogP contribution in [0.25, 0.3) is 6.08 Å². The van der Waals surface area contributed by atoms with E-state index in [1.54, 1.807) is 13.2 Å². The van der Waals surface area contributed by atoms with Gasteiger partial charge in [-0.15, -0.1) is 0 Å². The van der Waals surface area contributed by atoms with Gasteiger partial charge in [0.05, 0.1) is 26.4 Å². The highest BCUT2D eigenvalue weighted by molar-refractivity contribution is 5.52. The molecule has 0 bridgehead atoms. The van der Waals surface area contributed by atoms with Crippen molar-refractivity contribution in [2.75, 3.05) is 13.7 Å². The first-order valence-electron chi connectivity index (χ1n) is 7.56. The van der Waals surface area contributed by atoms with Crippen molar-refractivity contribution in [2.45, 2.75) is 12.7 Å². The molecule has 2 aromatic carbocycles. The molecule has 2 rings (SSSR count). The third-order valence-corrected chi connectivity index (χ3v) is 3.25. The number of hydrogen-bond acceptors (Lipinski definition) is 3. The summed E-state index contributed by atoms with van der Waals surface area (Å²) in [5.41, 5.74) is 2.17. The second kappa shape index (κ2) is 9.62. The number of aliphatic hydroxyl groups excluding tert-OH is 1. The van der Waals surface area contributed by atoms with E-state index >= 15 is 0 Å². The van der Waals surface area contributed by atoms with Crippen LogP contribution in [-0.2, 0) is 11.3 Å². The van der Waals surface area contributed by atoms with Gasteiger partial charge in [-0.05, 0) is 23.3 Å². The molecule has 1 N–H and O–H groups in total. The van der Waals surface area contributed by atoms with Crippen LogP contribution in [0.5, 0.6) is 5.75 Å². The lowest BCUT2D eigenvalue weighted by atomic mass is 10.2. The molecule has 3 heteroatoms. The SMILES string of the molecule is COc1ccc(/C=C/C=C\[C@H](O)COCc2ccccc2)cc1. The van der Waals surface area contributed by atoms with Gasteiger partial charge in [-0.2, -0.15) is 0 Å². The summed E-state index contributed by atoms with van der Waals surface area (Å²) < 4.78 is 10.6. The fourth-order valence-electron chi connectivity index (χ4n) is 2.00. The van der Waals surface area contributed by atoms with Crippen molar-refractivity contribution >= 4 is 6.08 Å². The Morgan fingerprint density at radius 1 is 1.00 bits per heavy atom. The van der Waals surface area contributed by atoms with Crippen LogP contribution in [0, 0.1) is 0 Å². The van der Waals surface area contributed by atoms with Crippen LogP contribution in [0.3, 0.4) is 0 Å². The smallest absolute Gasteiger partial charge is 0.118 e. The van der Waals surface area contributed by atoms with Crippen molar-refractivity contribution in [3.63, 3.8) is 0 Å². The van der Waals surface area contributed by atoms with Crippen LogP contribution < -0.4 is 4.74 Å². The zero-order valence-electron chi connectivity index (χ0n) is 13.3. The van der Waals surface area contributed by atoms with E-state index in [0.717, 1.165) is 16.9 Å². The number of rotatable bonds is 8. The zero-order valence-corrected chi connectivity index (χ0v) is 13.3. The Morgan fingerprint density at radius 2 is 1.74 bits per heavy atom. The molecule has 0 aromatic heterocycles. The van der Waals surface area contributed by atoms with Crippen molar-refractivity contribution < 1.29 is 14.6 Å². The van der Waals surface area contributed by atoms with Gasteiger partial charge in [0.1, 0.15) is 5.75 Å². The minimum Gasteiger partial charge on any atom is -0.497 e. The summed E-state index contributed by atoms with van der Waals surface area (Å²) in [6, 6.07) is 17.7. The van der Waals surface area contributed by atoms with E-state index in [-0.39, 0.29) is 6.61 Å². The molecule has 0 saturated carbocycles. The summed E-state index contributed by atoms with van der Waals surface area (Å²) in [5.74, 6) is 0.837. The summed E-state index contributed by atoms with van der Waals surface area (Å²) in [5, 5.41) is 9.83. The van der Waals surface area contributed by atoms with Crippen molar-refractivity contribution in [1.29, 1.82) is 0 Å². The molecular formula is C20H22O3. The third kappa shape index (κ3) is 6.51. The molecule has 3 nitrogen and oxygen atoms in total. The number of hydrogen-bond donors (Lipinski definition) is 1. The van der Waals surface area contributed by atoms with Crippen molar-refractivity contribution in [3.05, 3.63) is 84.0 Å². The van der Waals surface area contributed by atoms with Crippen molar-refractivity contribution in [1.82, 2.24) is 0 Å². The van der Waals surface area contributed by atoms with Gasteiger partial charge in [-0.1, -0.05) is 66.8 Å². The predicted molar refractivity (Wildman–Crippen MR) is 93.3 cm³/mol. The second-order valence-corrected chi connectivity index (χ2v) is 5.09. The summed E-state index contributed by atoms with van der Waals surface area (Å²) in [6.45, 7) is 0.787. The second-order valence-electron chi connectivity index (χ2n) is 5.09. The van der Waals surface area contributed by atoms with Crippen LogP contribution in [0.4, 0.5) is 0 Å². The fourth-order valence-corrected chi connectivity index (χ4v) is 2.00. The first-order valence-corrected chi connectivity index (χ1v) is 7.56. The topological polar surface area (TPSA) is 38.7 Å². The van der Waals surface area contributed by atoms with Crippen LogP contribution in [-0.4, -0.2) is 24.9 Å². The first-order chi connectivity index (χ1) is 11.3. The van der Waals surface area contributed by atoms with Gasteiger partial charge in [0, 0.05) is 0 Å². The molecular weight excluding hydrogens is 288 g/mol. The predicted octanol–water partition coefficient (Wildman–Crippen LogP) is 3.84. The molecule has 0 aliphatic carbocycles. The maximum absolute atomic E-state index is 9.83. The van der Waals surface area contributed by atoms with Gasteiger partial charge in [0.15, 0.2) is 0 Å². The summed E-state index contributed by atoms with van der Waals surface area (Å²) in [6.07, 6.45) is 6.78. The molecule has 0 radical (unpaired) electrons. The van der Waals surface area contributed by atoms with Gasteiger partial charge >= 0.3 is 0 Å². The van der Waals surface area contributed by atoms with E-state index in [1.807, 2.05) is 72.8 Å². The normalized spacial score (nSPS) is 12.8. The maximum atomic E-state index is 9.83. The quantitative estimate of drug-likeness (QED) is 0.753. The number of allylic oxidation sites excluding steroid dienone is 2. The van der Waals surface area contributed by atoms with Crippen LogP contribution >= 0.6 is 0 Å². The Balaban J connectivity index is 1.70. The molecule has 0 amide bonds. The molecule has 2 aromatic rings. The number of benzene rings is 2. The van der Waals surface area contributed by atoms with Gasteiger partial charge in [0.2, 0.25) is 0 Å².